The average Bonchev–Trinajstić information content (AvgIpc) is 3.06. The summed E-state index contributed by atoms with van der Waals surface area (Å²) in [4.78, 5) is 5.47. The van der Waals surface area contributed by atoms with Crippen molar-refractivity contribution < 1.29 is 4.74 Å². The van der Waals surface area contributed by atoms with Gasteiger partial charge in [0, 0.05) is 18.1 Å². The summed E-state index contributed by atoms with van der Waals surface area (Å²) in [5.74, 6) is 1.61. The zero-order chi connectivity index (χ0) is 12.4. The molecule has 0 unspecified atom stereocenters. The molecule has 0 radical (unpaired) electrons. The van der Waals surface area contributed by atoms with Gasteiger partial charge in [0.1, 0.15) is 5.69 Å². The number of aromatic nitrogens is 2. The van der Waals surface area contributed by atoms with Gasteiger partial charge < -0.3 is 10.1 Å². The van der Waals surface area contributed by atoms with E-state index in [-0.39, 0.29) is 0 Å². The number of nitrogens with one attached hydrogen (secondary N) is 1. The van der Waals surface area contributed by atoms with Crippen molar-refractivity contribution in [2.75, 3.05) is 13.7 Å². The minimum Gasteiger partial charge on any atom is -0.480 e. The first-order chi connectivity index (χ1) is 8.88. The number of rotatable bonds is 5. The van der Waals surface area contributed by atoms with E-state index >= 15 is 0 Å². The van der Waals surface area contributed by atoms with Crippen molar-refractivity contribution in [2.45, 2.75) is 32.2 Å². The predicted molar refractivity (Wildman–Crippen MR) is 73.3 cm³/mol. The summed E-state index contributed by atoms with van der Waals surface area (Å²) < 4.78 is 7.46. The molecule has 1 N–H and O–H groups in total. The Balaban J connectivity index is 1.66. The lowest BCUT2D eigenvalue weighted by molar-refractivity contribution is 0.391. The predicted octanol–water partition coefficient (Wildman–Crippen LogP) is 2.68. The largest absolute Gasteiger partial charge is 0.480 e. The second-order valence-electron chi connectivity index (χ2n) is 4.90. The Morgan fingerprint density at radius 3 is 3.11 bits per heavy atom. The highest BCUT2D eigenvalue weighted by molar-refractivity contribution is 7.15. The number of fused-ring (bicyclic) bond motifs is 1. The molecule has 1 fully saturated rings. The first kappa shape index (κ1) is 12.0. The molecule has 0 spiro atoms. The maximum Gasteiger partial charge on any atom is 0.237 e. The van der Waals surface area contributed by atoms with Gasteiger partial charge in [-0.1, -0.05) is 12.8 Å². The molecule has 1 saturated carbocycles. The van der Waals surface area contributed by atoms with Crippen LogP contribution in [-0.4, -0.2) is 23.0 Å². The van der Waals surface area contributed by atoms with Gasteiger partial charge in [-0.15, -0.1) is 11.3 Å². The highest BCUT2D eigenvalue weighted by Gasteiger charge is 2.16. The summed E-state index contributed by atoms with van der Waals surface area (Å²) >= 11 is 1.64. The SMILES string of the molecule is COc1nc2sccn2c1CNCC1CCCC1. The molecule has 0 saturated heterocycles. The van der Waals surface area contributed by atoms with Crippen LogP contribution < -0.4 is 10.1 Å². The van der Waals surface area contributed by atoms with Crippen LogP contribution in [0.25, 0.3) is 4.96 Å². The second kappa shape index (κ2) is 5.28. The van der Waals surface area contributed by atoms with Gasteiger partial charge in [-0.25, -0.2) is 0 Å². The van der Waals surface area contributed by atoms with Crippen molar-refractivity contribution >= 4 is 16.3 Å². The molecular weight excluding hydrogens is 246 g/mol. The van der Waals surface area contributed by atoms with E-state index in [1.165, 1.54) is 25.7 Å². The van der Waals surface area contributed by atoms with E-state index < -0.39 is 0 Å². The van der Waals surface area contributed by atoms with Gasteiger partial charge in [0.15, 0.2) is 4.96 Å². The fourth-order valence-electron chi connectivity index (χ4n) is 2.75. The van der Waals surface area contributed by atoms with E-state index in [1.807, 2.05) is 0 Å². The lowest BCUT2D eigenvalue weighted by Gasteiger charge is -2.10. The smallest absolute Gasteiger partial charge is 0.237 e. The van der Waals surface area contributed by atoms with E-state index in [2.05, 4.69) is 26.3 Å². The molecule has 2 aromatic rings. The van der Waals surface area contributed by atoms with Crippen LogP contribution in [0, 0.1) is 5.92 Å². The van der Waals surface area contributed by atoms with Crippen LogP contribution in [0.4, 0.5) is 0 Å². The van der Waals surface area contributed by atoms with Crippen LogP contribution in [0.15, 0.2) is 11.6 Å². The summed E-state index contributed by atoms with van der Waals surface area (Å²) in [6, 6.07) is 0. The standard InChI is InChI=1S/C13H19N3OS/c1-17-12-11(16-6-7-18-13(16)15-12)9-14-8-10-4-2-3-5-10/h6-7,10,14H,2-5,8-9H2,1H3. The van der Waals surface area contributed by atoms with Gasteiger partial charge in [0.2, 0.25) is 5.88 Å². The van der Waals surface area contributed by atoms with E-state index in [4.69, 9.17) is 4.74 Å². The van der Waals surface area contributed by atoms with Gasteiger partial charge in [0.25, 0.3) is 0 Å². The number of nitrogens with zero attached hydrogens (tertiary/aromatic N) is 2. The molecule has 2 aromatic heterocycles. The summed E-state index contributed by atoms with van der Waals surface area (Å²) in [6.45, 7) is 1.94. The van der Waals surface area contributed by atoms with Crippen LogP contribution in [0.2, 0.25) is 0 Å². The van der Waals surface area contributed by atoms with E-state index in [0.717, 1.165) is 35.5 Å². The molecule has 4 nitrogen and oxygen atoms in total. The average molecular weight is 265 g/mol. The van der Waals surface area contributed by atoms with Crippen molar-refractivity contribution in [2.24, 2.45) is 5.92 Å². The Morgan fingerprint density at radius 2 is 2.33 bits per heavy atom. The minimum atomic E-state index is 0.751. The zero-order valence-corrected chi connectivity index (χ0v) is 11.5. The van der Waals surface area contributed by atoms with Gasteiger partial charge in [-0.3, -0.25) is 4.40 Å². The van der Waals surface area contributed by atoms with Gasteiger partial charge in [-0.2, -0.15) is 4.98 Å². The molecule has 3 rings (SSSR count). The van der Waals surface area contributed by atoms with Crippen molar-refractivity contribution in [3.63, 3.8) is 0 Å². The Kier molecular flexibility index (Phi) is 3.52. The molecule has 0 bridgehead atoms. The van der Waals surface area contributed by atoms with Gasteiger partial charge in [0.05, 0.1) is 7.11 Å². The van der Waals surface area contributed by atoms with E-state index in [9.17, 15) is 0 Å². The molecule has 18 heavy (non-hydrogen) atoms. The van der Waals surface area contributed by atoms with Crippen molar-refractivity contribution in [1.29, 1.82) is 0 Å². The lowest BCUT2D eigenvalue weighted by Crippen LogP contribution is -2.21. The quantitative estimate of drug-likeness (QED) is 0.903. The number of ether oxygens (including phenoxy) is 1. The molecular formula is C13H19N3OS. The zero-order valence-electron chi connectivity index (χ0n) is 10.7. The van der Waals surface area contributed by atoms with Crippen molar-refractivity contribution in [3.05, 3.63) is 17.3 Å². The monoisotopic (exact) mass is 265 g/mol. The molecule has 5 heteroatoms. The Morgan fingerprint density at radius 1 is 1.50 bits per heavy atom. The number of hydrogen-bond donors (Lipinski definition) is 1. The van der Waals surface area contributed by atoms with Crippen molar-refractivity contribution in [1.82, 2.24) is 14.7 Å². The van der Waals surface area contributed by atoms with Crippen LogP contribution in [0.1, 0.15) is 31.4 Å². The van der Waals surface area contributed by atoms with Gasteiger partial charge in [-0.05, 0) is 25.3 Å². The highest BCUT2D eigenvalue weighted by Crippen LogP contribution is 2.25. The molecule has 98 valence electrons. The fraction of sp³-hybridized carbons (Fsp3) is 0.615. The topological polar surface area (TPSA) is 38.6 Å². The molecule has 0 aromatic carbocycles. The van der Waals surface area contributed by atoms with E-state index in [0.29, 0.717) is 0 Å². The number of imidazole rings is 1. The summed E-state index contributed by atoms with van der Waals surface area (Å²) in [5.41, 5.74) is 1.13. The van der Waals surface area contributed by atoms with Gasteiger partial charge >= 0.3 is 0 Å². The maximum atomic E-state index is 5.35. The number of thiazole rings is 1. The van der Waals surface area contributed by atoms with E-state index in [1.54, 1.807) is 18.4 Å². The van der Waals surface area contributed by atoms with Crippen LogP contribution in [0.5, 0.6) is 5.88 Å². The minimum absolute atomic E-state index is 0.751. The first-order valence-corrected chi connectivity index (χ1v) is 7.45. The van der Waals surface area contributed by atoms with Crippen LogP contribution >= 0.6 is 11.3 Å². The molecule has 0 aliphatic heterocycles. The Labute approximate surface area is 111 Å². The molecule has 1 aliphatic carbocycles. The molecule has 0 amide bonds. The number of hydrogen-bond acceptors (Lipinski definition) is 4. The molecule has 0 atom stereocenters. The highest BCUT2D eigenvalue weighted by atomic mass is 32.1. The maximum absolute atomic E-state index is 5.35. The third-order valence-corrected chi connectivity index (χ3v) is 4.47. The van der Waals surface area contributed by atoms with Crippen molar-refractivity contribution in [3.8, 4) is 5.88 Å². The normalized spacial score (nSPS) is 16.7. The summed E-state index contributed by atoms with van der Waals surface area (Å²) in [5, 5.41) is 5.61. The van der Waals surface area contributed by atoms with Crippen LogP contribution in [0.3, 0.4) is 0 Å². The third kappa shape index (κ3) is 2.24. The summed E-state index contributed by atoms with van der Waals surface area (Å²) in [6.07, 6.45) is 7.62. The molecule has 2 heterocycles. The number of methoxy groups -OCH3 is 1. The van der Waals surface area contributed by atoms with Crippen LogP contribution in [-0.2, 0) is 6.54 Å². The fourth-order valence-corrected chi connectivity index (χ4v) is 3.47. The Hall–Kier alpha value is -1.07. The third-order valence-electron chi connectivity index (χ3n) is 3.72. The lowest BCUT2D eigenvalue weighted by atomic mass is 10.1. The Bertz CT molecular complexity index is 513. The molecule has 1 aliphatic rings. The first-order valence-electron chi connectivity index (χ1n) is 6.57. The second-order valence-corrected chi connectivity index (χ2v) is 5.78. The summed E-state index contributed by atoms with van der Waals surface area (Å²) in [7, 11) is 1.69.